The lowest BCUT2D eigenvalue weighted by Crippen LogP contribution is -2.44. The first kappa shape index (κ1) is 10.5. The summed E-state index contributed by atoms with van der Waals surface area (Å²) in [5.41, 5.74) is 0.901. The maximum absolute atomic E-state index is 4.54. The molecule has 1 N–H and O–H groups in total. The third-order valence-electron chi connectivity index (χ3n) is 3.36. The van der Waals surface area contributed by atoms with Gasteiger partial charge in [0.25, 0.3) is 0 Å². The van der Waals surface area contributed by atoms with Crippen molar-refractivity contribution in [3.05, 3.63) is 24.4 Å². The molecule has 3 heterocycles. The van der Waals surface area contributed by atoms with Crippen molar-refractivity contribution in [3.63, 3.8) is 0 Å². The molecule has 0 amide bonds. The number of hydrogen-bond donors (Lipinski definition) is 1. The molecule has 1 unspecified atom stereocenters. The first-order valence-corrected chi connectivity index (χ1v) is 6.09. The molecule has 0 aromatic carbocycles. The highest BCUT2D eigenvalue weighted by atomic mass is 15.4. The van der Waals surface area contributed by atoms with E-state index in [0.29, 0.717) is 6.04 Å². The van der Waals surface area contributed by atoms with Gasteiger partial charge < -0.3 is 10.2 Å². The minimum absolute atomic E-state index is 0.501. The lowest BCUT2D eigenvalue weighted by molar-refractivity contribution is 0.441. The molecule has 2 aromatic heterocycles. The molecular weight excluding hydrogens is 214 g/mol. The number of nitrogens with one attached hydrogen (secondary N) is 1. The fourth-order valence-corrected chi connectivity index (χ4v) is 2.30. The molecule has 0 bridgehead atoms. The van der Waals surface area contributed by atoms with Crippen LogP contribution in [0.5, 0.6) is 0 Å². The Bertz CT molecular complexity index is 467. The molecule has 3 rings (SSSR count). The zero-order chi connectivity index (χ0) is 11.7. The van der Waals surface area contributed by atoms with Crippen LogP contribution in [0, 0.1) is 0 Å². The van der Waals surface area contributed by atoms with Crippen molar-refractivity contribution in [2.45, 2.75) is 18.9 Å². The molecule has 2 aromatic rings. The second-order valence-electron chi connectivity index (χ2n) is 4.53. The van der Waals surface area contributed by atoms with Gasteiger partial charge in [-0.1, -0.05) is 6.07 Å². The van der Waals surface area contributed by atoms with Crippen LogP contribution in [0.3, 0.4) is 0 Å². The van der Waals surface area contributed by atoms with E-state index in [2.05, 4.69) is 27.3 Å². The summed E-state index contributed by atoms with van der Waals surface area (Å²) in [6.07, 6.45) is 4.36. The van der Waals surface area contributed by atoms with Crippen LogP contribution in [0.2, 0.25) is 0 Å². The predicted molar refractivity (Wildman–Crippen MR) is 67.3 cm³/mol. The van der Waals surface area contributed by atoms with Gasteiger partial charge in [0.1, 0.15) is 0 Å². The van der Waals surface area contributed by atoms with E-state index in [-0.39, 0.29) is 0 Å². The van der Waals surface area contributed by atoms with Crippen LogP contribution < -0.4 is 10.2 Å². The second kappa shape index (κ2) is 4.33. The topological polar surface area (TPSA) is 45.5 Å². The number of piperidine rings is 1. The number of likely N-dealkylation sites (N-methyl/N-ethyl adjacent to an activating group) is 1. The minimum atomic E-state index is 0.501. The van der Waals surface area contributed by atoms with E-state index >= 15 is 0 Å². The zero-order valence-electron chi connectivity index (χ0n) is 10.0. The van der Waals surface area contributed by atoms with Crippen LogP contribution in [0.25, 0.3) is 5.65 Å². The van der Waals surface area contributed by atoms with Crippen LogP contribution in [0.4, 0.5) is 5.95 Å². The van der Waals surface area contributed by atoms with Gasteiger partial charge in [-0.3, -0.25) is 0 Å². The first-order chi connectivity index (χ1) is 8.34. The standard InChI is InChI=1S/C12H17N5/c1-16(10-5-4-7-13-9-10)12-14-11-6-2-3-8-17(11)15-12/h2-3,6,8,10,13H,4-5,7,9H2,1H3. The molecule has 5 heteroatoms. The van der Waals surface area contributed by atoms with Gasteiger partial charge in [0, 0.05) is 25.8 Å². The number of fused-ring (bicyclic) bond motifs is 1. The Morgan fingerprint density at radius 3 is 3.18 bits per heavy atom. The highest BCUT2D eigenvalue weighted by Crippen LogP contribution is 2.15. The largest absolute Gasteiger partial charge is 0.338 e. The van der Waals surface area contributed by atoms with E-state index in [1.165, 1.54) is 12.8 Å². The van der Waals surface area contributed by atoms with Crippen molar-refractivity contribution in [2.24, 2.45) is 0 Å². The molecule has 0 radical (unpaired) electrons. The van der Waals surface area contributed by atoms with Gasteiger partial charge in [0.15, 0.2) is 5.65 Å². The SMILES string of the molecule is CN(c1nc2ccccn2n1)C1CCCNC1. The molecule has 5 nitrogen and oxygen atoms in total. The Morgan fingerprint density at radius 2 is 2.41 bits per heavy atom. The third-order valence-corrected chi connectivity index (χ3v) is 3.36. The van der Waals surface area contributed by atoms with E-state index in [1.54, 1.807) is 0 Å². The summed E-state index contributed by atoms with van der Waals surface area (Å²) in [5, 5.41) is 7.91. The maximum Gasteiger partial charge on any atom is 0.245 e. The van der Waals surface area contributed by atoms with Gasteiger partial charge in [-0.15, -0.1) is 5.10 Å². The first-order valence-electron chi connectivity index (χ1n) is 6.09. The van der Waals surface area contributed by atoms with Crippen molar-refractivity contribution in [1.29, 1.82) is 0 Å². The molecule has 1 aliphatic heterocycles. The van der Waals surface area contributed by atoms with E-state index in [9.17, 15) is 0 Å². The number of nitrogens with zero attached hydrogens (tertiary/aromatic N) is 4. The van der Waals surface area contributed by atoms with E-state index in [4.69, 9.17) is 0 Å². The zero-order valence-corrected chi connectivity index (χ0v) is 10.0. The van der Waals surface area contributed by atoms with Crippen LogP contribution in [-0.4, -0.2) is 40.8 Å². The van der Waals surface area contributed by atoms with E-state index < -0.39 is 0 Å². The lowest BCUT2D eigenvalue weighted by Gasteiger charge is -2.30. The quantitative estimate of drug-likeness (QED) is 0.834. The summed E-state index contributed by atoms with van der Waals surface area (Å²) < 4.78 is 1.82. The predicted octanol–water partition coefficient (Wildman–Crippen LogP) is 0.917. The Labute approximate surface area is 100 Å². The average molecular weight is 231 g/mol. The van der Waals surface area contributed by atoms with E-state index in [0.717, 1.165) is 24.7 Å². The fourth-order valence-electron chi connectivity index (χ4n) is 2.30. The number of aromatic nitrogens is 3. The third kappa shape index (κ3) is 1.98. The van der Waals surface area contributed by atoms with Gasteiger partial charge in [-0.2, -0.15) is 4.98 Å². The maximum atomic E-state index is 4.54. The summed E-state index contributed by atoms with van der Waals surface area (Å²) in [7, 11) is 2.08. The van der Waals surface area contributed by atoms with Crippen molar-refractivity contribution < 1.29 is 0 Å². The van der Waals surface area contributed by atoms with Crippen molar-refractivity contribution >= 4 is 11.6 Å². The second-order valence-corrected chi connectivity index (χ2v) is 4.53. The van der Waals surface area contributed by atoms with Gasteiger partial charge in [-0.25, -0.2) is 4.52 Å². The van der Waals surface area contributed by atoms with Crippen molar-refractivity contribution in [3.8, 4) is 0 Å². The highest BCUT2D eigenvalue weighted by Gasteiger charge is 2.20. The minimum Gasteiger partial charge on any atom is -0.338 e. The van der Waals surface area contributed by atoms with E-state index in [1.807, 2.05) is 28.9 Å². The molecule has 1 saturated heterocycles. The van der Waals surface area contributed by atoms with Crippen LogP contribution >= 0.6 is 0 Å². The summed E-state index contributed by atoms with van der Waals surface area (Å²) in [6, 6.07) is 6.42. The molecule has 90 valence electrons. The average Bonchev–Trinajstić information content (AvgIpc) is 2.82. The molecule has 0 aliphatic carbocycles. The fraction of sp³-hybridized carbons (Fsp3) is 0.500. The normalized spacial score (nSPS) is 20.6. The van der Waals surface area contributed by atoms with Crippen molar-refractivity contribution in [1.82, 2.24) is 19.9 Å². The molecule has 1 fully saturated rings. The van der Waals surface area contributed by atoms with Gasteiger partial charge >= 0.3 is 0 Å². The molecule has 1 aliphatic rings. The monoisotopic (exact) mass is 231 g/mol. The molecule has 17 heavy (non-hydrogen) atoms. The van der Waals surface area contributed by atoms with Gasteiger partial charge in [0.2, 0.25) is 5.95 Å². The van der Waals surface area contributed by atoms with Crippen LogP contribution in [0.15, 0.2) is 24.4 Å². The molecule has 1 atom stereocenters. The summed E-state index contributed by atoms with van der Waals surface area (Å²) in [5.74, 6) is 0.810. The summed E-state index contributed by atoms with van der Waals surface area (Å²) in [4.78, 5) is 6.72. The van der Waals surface area contributed by atoms with Crippen molar-refractivity contribution in [2.75, 3.05) is 25.0 Å². The Balaban J connectivity index is 1.86. The smallest absolute Gasteiger partial charge is 0.245 e. The number of rotatable bonds is 2. The molecular formula is C12H17N5. The molecule has 0 spiro atoms. The highest BCUT2D eigenvalue weighted by molar-refractivity contribution is 5.44. The lowest BCUT2D eigenvalue weighted by atomic mass is 10.1. The number of anilines is 1. The van der Waals surface area contributed by atoms with Gasteiger partial charge in [-0.05, 0) is 31.5 Å². The van der Waals surface area contributed by atoms with Crippen LogP contribution in [0.1, 0.15) is 12.8 Å². The van der Waals surface area contributed by atoms with Crippen LogP contribution in [-0.2, 0) is 0 Å². The Hall–Kier alpha value is -1.62. The summed E-state index contributed by atoms with van der Waals surface area (Å²) in [6.45, 7) is 2.15. The molecule has 0 saturated carbocycles. The Morgan fingerprint density at radius 1 is 1.47 bits per heavy atom. The summed E-state index contributed by atoms with van der Waals surface area (Å²) >= 11 is 0. The number of pyridine rings is 1. The Kier molecular flexibility index (Phi) is 2.68. The number of hydrogen-bond acceptors (Lipinski definition) is 4. The van der Waals surface area contributed by atoms with Gasteiger partial charge in [0.05, 0.1) is 0 Å².